The first-order chi connectivity index (χ1) is 8.22. The van der Waals surface area contributed by atoms with E-state index in [0.717, 1.165) is 24.2 Å². The normalized spacial score (nSPS) is 10.5. The highest BCUT2D eigenvalue weighted by molar-refractivity contribution is 5.45. The van der Waals surface area contributed by atoms with E-state index in [-0.39, 0.29) is 0 Å². The van der Waals surface area contributed by atoms with Gasteiger partial charge in [0.25, 0.3) is 0 Å². The van der Waals surface area contributed by atoms with Crippen molar-refractivity contribution in [1.82, 2.24) is 15.1 Å². The Labute approximate surface area is 100 Å². The van der Waals surface area contributed by atoms with E-state index in [1.54, 1.807) is 0 Å². The van der Waals surface area contributed by atoms with Gasteiger partial charge < -0.3 is 4.52 Å². The molecule has 0 atom stereocenters. The third-order valence-electron chi connectivity index (χ3n) is 2.53. The molecule has 0 bridgehead atoms. The first-order valence-electron chi connectivity index (χ1n) is 5.78. The van der Waals surface area contributed by atoms with E-state index in [9.17, 15) is 0 Å². The van der Waals surface area contributed by atoms with E-state index >= 15 is 0 Å². The van der Waals surface area contributed by atoms with Gasteiger partial charge in [0.05, 0.1) is 5.69 Å². The third kappa shape index (κ3) is 2.61. The van der Waals surface area contributed by atoms with Gasteiger partial charge in [-0.15, -0.1) is 0 Å². The highest BCUT2D eigenvalue weighted by atomic mass is 16.5. The van der Waals surface area contributed by atoms with Crippen LogP contribution in [0.3, 0.4) is 0 Å². The number of hydrogen-bond donors (Lipinski definition) is 1. The van der Waals surface area contributed by atoms with Crippen LogP contribution in [0.5, 0.6) is 0 Å². The molecule has 1 N–H and O–H groups in total. The van der Waals surface area contributed by atoms with E-state index in [1.165, 1.54) is 5.56 Å². The average molecular weight is 232 g/mol. The number of nitrogens with one attached hydrogen (secondary N) is 1. The number of aryl methyl sites for hydroxylation is 3. The first-order valence-corrected chi connectivity index (χ1v) is 5.78. The summed E-state index contributed by atoms with van der Waals surface area (Å²) >= 11 is 0. The minimum absolute atomic E-state index is 0.551. The minimum atomic E-state index is 0.551. The molecule has 0 amide bonds. The fourth-order valence-electron chi connectivity index (χ4n) is 1.64. The maximum absolute atomic E-state index is 5.06. The van der Waals surface area contributed by atoms with Crippen LogP contribution in [0.2, 0.25) is 0 Å². The van der Waals surface area contributed by atoms with Crippen LogP contribution in [0.15, 0.2) is 16.8 Å². The summed E-state index contributed by atoms with van der Waals surface area (Å²) in [7, 11) is 0. The molecule has 0 spiro atoms. The maximum atomic E-state index is 5.06. The van der Waals surface area contributed by atoms with Crippen LogP contribution in [0.25, 0.3) is 0 Å². The predicted molar refractivity (Wildman–Crippen MR) is 65.3 cm³/mol. The molecule has 2 aromatic rings. The minimum Gasteiger partial charge on any atom is -0.338 e. The van der Waals surface area contributed by atoms with E-state index < -0.39 is 0 Å². The number of anilines is 2. The SMILES string of the molecule is CCc1cnc(Nc2cc(C)no2)nc1CC. The van der Waals surface area contributed by atoms with Gasteiger partial charge in [-0.25, -0.2) is 9.97 Å². The number of aromatic nitrogens is 3. The smallest absolute Gasteiger partial charge is 0.231 e. The van der Waals surface area contributed by atoms with Gasteiger partial charge in [0.2, 0.25) is 11.8 Å². The highest BCUT2D eigenvalue weighted by Crippen LogP contribution is 2.15. The second-order valence-electron chi connectivity index (χ2n) is 3.83. The summed E-state index contributed by atoms with van der Waals surface area (Å²) in [5, 5.41) is 6.80. The molecule has 2 heterocycles. The molecule has 0 aromatic carbocycles. The van der Waals surface area contributed by atoms with Crippen LogP contribution < -0.4 is 5.32 Å². The standard InChI is InChI=1S/C12H16N4O/c1-4-9-7-13-12(14-10(9)5-2)15-11-6-8(3)16-17-11/h6-7H,4-5H2,1-3H3,(H,13,14,15). The molecular formula is C12H16N4O. The van der Waals surface area contributed by atoms with Crippen molar-refractivity contribution in [1.29, 1.82) is 0 Å². The molecular weight excluding hydrogens is 216 g/mol. The zero-order valence-electron chi connectivity index (χ0n) is 10.3. The van der Waals surface area contributed by atoms with Crippen LogP contribution in [-0.4, -0.2) is 15.1 Å². The summed E-state index contributed by atoms with van der Waals surface area (Å²) < 4.78 is 5.06. The predicted octanol–water partition coefficient (Wildman–Crippen LogP) is 2.64. The van der Waals surface area contributed by atoms with Gasteiger partial charge in [0.15, 0.2) is 0 Å². The Hall–Kier alpha value is -1.91. The first kappa shape index (κ1) is 11.6. The number of rotatable bonds is 4. The molecule has 90 valence electrons. The molecule has 0 aliphatic carbocycles. The third-order valence-corrected chi connectivity index (χ3v) is 2.53. The van der Waals surface area contributed by atoms with Crippen LogP contribution in [0, 0.1) is 6.92 Å². The lowest BCUT2D eigenvalue weighted by molar-refractivity contribution is 0.429. The molecule has 0 saturated carbocycles. The van der Waals surface area contributed by atoms with E-state index in [2.05, 4.69) is 34.3 Å². The Balaban J connectivity index is 2.22. The van der Waals surface area contributed by atoms with Crippen LogP contribution in [0.1, 0.15) is 30.8 Å². The van der Waals surface area contributed by atoms with E-state index in [4.69, 9.17) is 4.52 Å². The largest absolute Gasteiger partial charge is 0.338 e. The fourth-order valence-corrected chi connectivity index (χ4v) is 1.64. The molecule has 0 unspecified atom stereocenters. The Morgan fingerprint density at radius 2 is 2.12 bits per heavy atom. The van der Waals surface area contributed by atoms with Gasteiger partial charge in [0, 0.05) is 18.0 Å². The van der Waals surface area contributed by atoms with Gasteiger partial charge in [0.1, 0.15) is 0 Å². The Morgan fingerprint density at radius 1 is 1.29 bits per heavy atom. The summed E-state index contributed by atoms with van der Waals surface area (Å²) in [5.41, 5.74) is 3.08. The van der Waals surface area contributed by atoms with Crippen molar-refractivity contribution in [2.75, 3.05) is 5.32 Å². The van der Waals surface area contributed by atoms with Crippen molar-refractivity contribution in [2.24, 2.45) is 0 Å². The Kier molecular flexibility index (Phi) is 3.37. The van der Waals surface area contributed by atoms with Gasteiger partial charge >= 0.3 is 0 Å². The molecule has 5 heteroatoms. The second kappa shape index (κ2) is 4.95. The van der Waals surface area contributed by atoms with Crippen LogP contribution in [0.4, 0.5) is 11.8 Å². The van der Waals surface area contributed by atoms with Crippen molar-refractivity contribution in [3.63, 3.8) is 0 Å². The van der Waals surface area contributed by atoms with E-state index in [0.29, 0.717) is 11.8 Å². The lowest BCUT2D eigenvalue weighted by atomic mass is 10.1. The average Bonchev–Trinajstić information content (AvgIpc) is 2.74. The molecule has 0 aliphatic heterocycles. The number of nitrogens with zero attached hydrogens (tertiary/aromatic N) is 3. The molecule has 0 saturated heterocycles. The van der Waals surface area contributed by atoms with Gasteiger partial charge in [-0.3, -0.25) is 5.32 Å². The summed E-state index contributed by atoms with van der Waals surface area (Å²) in [6.45, 7) is 6.06. The zero-order valence-corrected chi connectivity index (χ0v) is 10.3. The van der Waals surface area contributed by atoms with Crippen molar-refractivity contribution >= 4 is 11.8 Å². The topological polar surface area (TPSA) is 63.8 Å². The zero-order chi connectivity index (χ0) is 12.3. The quantitative estimate of drug-likeness (QED) is 0.877. The van der Waals surface area contributed by atoms with Crippen molar-refractivity contribution < 1.29 is 4.52 Å². The summed E-state index contributed by atoms with van der Waals surface area (Å²) in [5.74, 6) is 1.11. The Bertz CT molecular complexity index is 507. The highest BCUT2D eigenvalue weighted by Gasteiger charge is 2.06. The lowest BCUT2D eigenvalue weighted by Gasteiger charge is -2.06. The van der Waals surface area contributed by atoms with E-state index in [1.807, 2.05) is 19.2 Å². The van der Waals surface area contributed by atoms with Crippen molar-refractivity contribution in [3.05, 3.63) is 29.2 Å². The molecule has 0 radical (unpaired) electrons. The fraction of sp³-hybridized carbons (Fsp3) is 0.417. The van der Waals surface area contributed by atoms with Crippen LogP contribution in [-0.2, 0) is 12.8 Å². The molecule has 2 rings (SSSR count). The summed E-state index contributed by atoms with van der Waals surface area (Å²) in [6.07, 6.45) is 3.71. The lowest BCUT2D eigenvalue weighted by Crippen LogP contribution is -2.02. The molecule has 5 nitrogen and oxygen atoms in total. The van der Waals surface area contributed by atoms with Gasteiger partial charge in [-0.1, -0.05) is 19.0 Å². The van der Waals surface area contributed by atoms with Gasteiger partial charge in [-0.05, 0) is 25.3 Å². The maximum Gasteiger partial charge on any atom is 0.231 e. The number of hydrogen-bond acceptors (Lipinski definition) is 5. The summed E-state index contributed by atoms with van der Waals surface area (Å²) in [6, 6.07) is 1.81. The molecule has 0 fully saturated rings. The second-order valence-corrected chi connectivity index (χ2v) is 3.83. The van der Waals surface area contributed by atoms with Gasteiger partial charge in [-0.2, -0.15) is 0 Å². The molecule has 0 aliphatic rings. The molecule has 2 aromatic heterocycles. The monoisotopic (exact) mass is 232 g/mol. The molecule has 17 heavy (non-hydrogen) atoms. The summed E-state index contributed by atoms with van der Waals surface area (Å²) in [4.78, 5) is 8.71. The van der Waals surface area contributed by atoms with Crippen LogP contribution >= 0.6 is 0 Å². The van der Waals surface area contributed by atoms with Crippen molar-refractivity contribution in [3.8, 4) is 0 Å². The van der Waals surface area contributed by atoms with Crippen molar-refractivity contribution in [2.45, 2.75) is 33.6 Å². The Morgan fingerprint density at radius 3 is 2.71 bits per heavy atom.